The summed E-state index contributed by atoms with van der Waals surface area (Å²) in [6.07, 6.45) is 37.7. The van der Waals surface area contributed by atoms with Crippen LogP contribution in [0, 0.1) is 0 Å². The fourth-order valence-corrected chi connectivity index (χ4v) is 4.65. The number of esters is 1. The first-order valence-electron chi connectivity index (χ1n) is 14.2. The SMILES string of the molecule is O=C1C=CCCCCCCCCCCCCCCCCCCCCCCCCCCO1. The molecule has 0 spiro atoms. The van der Waals surface area contributed by atoms with Crippen molar-refractivity contribution in [1.29, 1.82) is 0 Å². The van der Waals surface area contributed by atoms with Crippen molar-refractivity contribution in [2.45, 2.75) is 161 Å². The van der Waals surface area contributed by atoms with Gasteiger partial charge in [-0.1, -0.05) is 147 Å². The maximum absolute atomic E-state index is 11.7. The predicted octanol–water partition coefficient (Wildman–Crippen LogP) is 9.85. The predicted molar refractivity (Wildman–Crippen MR) is 136 cm³/mol. The van der Waals surface area contributed by atoms with E-state index in [1.54, 1.807) is 6.08 Å². The van der Waals surface area contributed by atoms with E-state index in [-0.39, 0.29) is 5.97 Å². The summed E-state index contributed by atoms with van der Waals surface area (Å²) in [5.74, 6) is -0.153. The first-order chi connectivity index (χ1) is 15.4. The zero-order chi connectivity index (χ0) is 22.1. The van der Waals surface area contributed by atoms with Crippen LogP contribution in [0.2, 0.25) is 0 Å². The van der Waals surface area contributed by atoms with Crippen molar-refractivity contribution in [1.82, 2.24) is 0 Å². The topological polar surface area (TPSA) is 26.3 Å². The lowest BCUT2D eigenvalue weighted by atomic mass is 10.0. The van der Waals surface area contributed by atoms with Gasteiger partial charge in [0.25, 0.3) is 0 Å². The van der Waals surface area contributed by atoms with E-state index in [0.717, 1.165) is 12.8 Å². The van der Waals surface area contributed by atoms with Gasteiger partial charge in [-0.05, 0) is 19.3 Å². The van der Waals surface area contributed by atoms with Crippen molar-refractivity contribution in [2.24, 2.45) is 0 Å². The van der Waals surface area contributed by atoms with Gasteiger partial charge in [-0.25, -0.2) is 4.79 Å². The molecule has 1 aliphatic heterocycles. The van der Waals surface area contributed by atoms with Gasteiger partial charge in [-0.15, -0.1) is 0 Å². The lowest BCUT2D eigenvalue weighted by Gasteiger charge is -2.05. The highest BCUT2D eigenvalue weighted by Gasteiger charge is 1.99. The number of rotatable bonds is 0. The third-order valence-corrected chi connectivity index (χ3v) is 6.76. The first-order valence-corrected chi connectivity index (χ1v) is 14.2. The van der Waals surface area contributed by atoms with E-state index in [4.69, 9.17) is 4.74 Å². The molecule has 0 saturated carbocycles. The average molecular weight is 435 g/mol. The van der Waals surface area contributed by atoms with Crippen molar-refractivity contribution in [3.8, 4) is 0 Å². The molecule has 0 amide bonds. The summed E-state index contributed by atoms with van der Waals surface area (Å²) in [5, 5.41) is 0. The Kier molecular flexibility index (Phi) is 21.7. The molecule has 0 aliphatic carbocycles. The Labute approximate surface area is 195 Å². The van der Waals surface area contributed by atoms with Gasteiger partial charge in [0.05, 0.1) is 6.61 Å². The van der Waals surface area contributed by atoms with E-state index < -0.39 is 0 Å². The monoisotopic (exact) mass is 434 g/mol. The molecule has 1 rings (SSSR count). The van der Waals surface area contributed by atoms with Gasteiger partial charge in [0, 0.05) is 6.08 Å². The summed E-state index contributed by atoms with van der Waals surface area (Å²) in [5.41, 5.74) is 0. The smallest absolute Gasteiger partial charge is 0.330 e. The molecule has 0 aromatic heterocycles. The minimum atomic E-state index is -0.153. The van der Waals surface area contributed by atoms with Gasteiger partial charge < -0.3 is 4.74 Å². The molecule has 2 nitrogen and oxygen atoms in total. The van der Waals surface area contributed by atoms with E-state index in [0.29, 0.717) is 6.61 Å². The molecule has 2 heteroatoms. The molecule has 0 aromatic rings. The van der Waals surface area contributed by atoms with Crippen molar-refractivity contribution in [3.63, 3.8) is 0 Å². The number of carbonyl (C=O) groups excluding carboxylic acids is 1. The van der Waals surface area contributed by atoms with E-state index in [1.165, 1.54) is 148 Å². The van der Waals surface area contributed by atoms with Crippen molar-refractivity contribution in [2.75, 3.05) is 6.61 Å². The third-order valence-electron chi connectivity index (χ3n) is 6.76. The van der Waals surface area contributed by atoms with E-state index in [1.807, 2.05) is 6.08 Å². The number of allylic oxidation sites excluding steroid dienone is 1. The van der Waals surface area contributed by atoms with Gasteiger partial charge in [0.15, 0.2) is 0 Å². The molecule has 0 aromatic carbocycles. The molecule has 0 saturated heterocycles. The molecule has 0 bridgehead atoms. The zero-order valence-corrected chi connectivity index (χ0v) is 20.9. The van der Waals surface area contributed by atoms with Gasteiger partial charge >= 0.3 is 5.97 Å². The molecule has 0 fully saturated rings. The highest BCUT2D eigenvalue weighted by atomic mass is 16.5. The van der Waals surface area contributed by atoms with Crippen LogP contribution in [0.25, 0.3) is 0 Å². The van der Waals surface area contributed by atoms with E-state index >= 15 is 0 Å². The fraction of sp³-hybridized carbons (Fsp3) is 0.897. The lowest BCUT2D eigenvalue weighted by Crippen LogP contribution is -2.02. The lowest BCUT2D eigenvalue weighted by molar-refractivity contribution is -0.137. The Morgan fingerprint density at radius 1 is 0.419 bits per heavy atom. The molecule has 31 heavy (non-hydrogen) atoms. The van der Waals surface area contributed by atoms with Gasteiger partial charge in [0.1, 0.15) is 0 Å². The minimum absolute atomic E-state index is 0.153. The quantitative estimate of drug-likeness (QED) is 0.354. The number of hydrogen-bond donors (Lipinski definition) is 0. The third kappa shape index (κ3) is 22.2. The molecule has 0 N–H and O–H groups in total. The number of cyclic esters (lactones) is 1. The van der Waals surface area contributed by atoms with Gasteiger partial charge in [-0.2, -0.15) is 0 Å². The van der Waals surface area contributed by atoms with Crippen molar-refractivity contribution >= 4 is 5.97 Å². The van der Waals surface area contributed by atoms with Crippen LogP contribution in [0.1, 0.15) is 161 Å². The van der Waals surface area contributed by atoms with Crippen molar-refractivity contribution < 1.29 is 9.53 Å². The van der Waals surface area contributed by atoms with Crippen LogP contribution in [0.4, 0.5) is 0 Å². The summed E-state index contributed by atoms with van der Waals surface area (Å²) in [4.78, 5) is 11.7. The van der Waals surface area contributed by atoms with Crippen LogP contribution in [-0.4, -0.2) is 12.6 Å². The van der Waals surface area contributed by atoms with Crippen molar-refractivity contribution in [3.05, 3.63) is 12.2 Å². The zero-order valence-electron chi connectivity index (χ0n) is 20.9. The Bertz CT molecular complexity index is 402. The van der Waals surface area contributed by atoms with Crippen LogP contribution in [0.5, 0.6) is 0 Å². The average Bonchev–Trinajstić information content (AvgIpc) is 2.77. The summed E-state index contributed by atoms with van der Waals surface area (Å²) in [6, 6.07) is 0. The second-order valence-electron chi connectivity index (χ2n) is 9.84. The van der Waals surface area contributed by atoms with E-state index in [9.17, 15) is 4.79 Å². The Morgan fingerprint density at radius 2 is 0.710 bits per heavy atom. The molecular formula is C29H54O2. The molecule has 0 radical (unpaired) electrons. The highest BCUT2D eigenvalue weighted by molar-refractivity contribution is 5.81. The molecule has 1 heterocycles. The summed E-state index contributed by atoms with van der Waals surface area (Å²) >= 11 is 0. The second-order valence-corrected chi connectivity index (χ2v) is 9.84. The normalized spacial score (nSPS) is 22.9. The van der Waals surface area contributed by atoms with Crippen LogP contribution < -0.4 is 0 Å². The summed E-state index contributed by atoms with van der Waals surface area (Å²) in [7, 11) is 0. The fourth-order valence-electron chi connectivity index (χ4n) is 4.65. The Balaban J connectivity index is 2.10. The Morgan fingerprint density at radius 3 is 1.06 bits per heavy atom. The molecule has 1 aliphatic rings. The number of ether oxygens (including phenoxy) is 1. The number of carbonyl (C=O) groups is 1. The molecule has 0 unspecified atom stereocenters. The van der Waals surface area contributed by atoms with Crippen LogP contribution in [0.15, 0.2) is 12.2 Å². The largest absolute Gasteiger partial charge is 0.463 e. The van der Waals surface area contributed by atoms with Gasteiger partial charge in [0.2, 0.25) is 0 Å². The van der Waals surface area contributed by atoms with E-state index in [2.05, 4.69) is 0 Å². The van der Waals surface area contributed by atoms with Crippen LogP contribution >= 0.6 is 0 Å². The molecular weight excluding hydrogens is 380 g/mol. The second kappa shape index (κ2) is 23.9. The summed E-state index contributed by atoms with van der Waals surface area (Å²) in [6.45, 7) is 0.586. The summed E-state index contributed by atoms with van der Waals surface area (Å²) < 4.78 is 5.31. The maximum Gasteiger partial charge on any atom is 0.330 e. The highest BCUT2D eigenvalue weighted by Crippen LogP contribution is 2.16. The molecule has 182 valence electrons. The molecule has 0 atom stereocenters. The van der Waals surface area contributed by atoms with Crippen LogP contribution in [-0.2, 0) is 9.53 Å². The van der Waals surface area contributed by atoms with Crippen LogP contribution in [0.3, 0.4) is 0 Å². The maximum atomic E-state index is 11.7. The first kappa shape index (κ1) is 28.2. The minimum Gasteiger partial charge on any atom is -0.463 e. The Hall–Kier alpha value is -0.790. The standard InChI is InChI=1S/C29H54O2/c30-29-27-25-23-21-19-17-15-13-11-9-7-5-3-1-2-4-6-8-10-12-14-16-18-20-22-24-26-28-31-29/h25,27H,1-24,26,28H2. The van der Waals surface area contributed by atoms with Gasteiger partial charge in [-0.3, -0.25) is 0 Å². The number of hydrogen-bond acceptors (Lipinski definition) is 2.